The second kappa shape index (κ2) is 8.26. The number of aromatic nitrogens is 2. The summed E-state index contributed by atoms with van der Waals surface area (Å²) in [6.45, 7) is 0. The Morgan fingerprint density at radius 2 is 1.97 bits per heavy atom. The minimum absolute atomic E-state index is 0.000952. The Bertz CT molecular complexity index is 1300. The number of halogens is 1. The molecule has 2 aromatic carbocycles. The van der Waals surface area contributed by atoms with Crippen LogP contribution in [-0.4, -0.2) is 30.9 Å². The van der Waals surface area contributed by atoms with Gasteiger partial charge in [-0.25, -0.2) is 18.8 Å². The van der Waals surface area contributed by atoms with Gasteiger partial charge in [-0.1, -0.05) is 48.0 Å². The van der Waals surface area contributed by atoms with Gasteiger partial charge >= 0.3 is 0 Å². The summed E-state index contributed by atoms with van der Waals surface area (Å²) in [6, 6.07) is 15.0. The third-order valence-electron chi connectivity index (χ3n) is 3.83. The van der Waals surface area contributed by atoms with E-state index >= 15 is 0 Å². The molecule has 2 N–H and O–H groups in total. The standard InChI is InChI=1S/C19H14ClN5O3S/c1-29(27,28)16-9-14(20)8-7-13(16)11-22-25-19-23-17(12-5-3-2-4-6-12)15(10-21)18(26)24-19/h2-9,11H,1H3,(H2,23,24,25,26). The fourth-order valence-electron chi connectivity index (χ4n) is 2.53. The van der Waals surface area contributed by atoms with Gasteiger partial charge in [0.15, 0.2) is 9.84 Å². The van der Waals surface area contributed by atoms with Gasteiger partial charge in [-0.3, -0.25) is 9.78 Å². The molecule has 0 saturated carbocycles. The maximum absolute atomic E-state index is 12.2. The average molecular weight is 428 g/mol. The van der Waals surface area contributed by atoms with Crippen LogP contribution in [0.2, 0.25) is 5.02 Å². The molecule has 0 aliphatic rings. The van der Waals surface area contributed by atoms with Crippen LogP contribution in [0.15, 0.2) is 63.3 Å². The van der Waals surface area contributed by atoms with Gasteiger partial charge < -0.3 is 0 Å². The molecule has 0 saturated heterocycles. The lowest BCUT2D eigenvalue weighted by Gasteiger charge is -2.06. The largest absolute Gasteiger partial charge is 0.290 e. The average Bonchev–Trinajstić information content (AvgIpc) is 2.68. The molecule has 0 atom stereocenters. The molecular formula is C19H14ClN5O3S. The molecule has 146 valence electrons. The monoisotopic (exact) mass is 427 g/mol. The van der Waals surface area contributed by atoms with Crippen LogP contribution in [0.25, 0.3) is 11.3 Å². The first kappa shape index (κ1) is 20.3. The van der Waals surface area contributed by atoms with E-state index in [4.69, 9.17) is 11.6 Å². The Morgan fingerprint density at radius 3 is 2.62 bits per heavy atom. The van der Waals surface area contributed by atoms with E-state index in [1.54, 1.807) is 30.3 Å². The zero-order chi connectivity index (χ0) is 21.0. The molecule has 0 radical (unpaired) electrons. The highest BCUT2D eigenvalue weighted by molar-refractivity contribution is 7.90. The van der Waals surface area contributed by atoms with E-state index in [0.29, 0.717) is 11.1 Å². The van der Waals surface area contributed by atoms with Crippen molar-refractivity contribution in [3.63, 3.8) is 0 Å². The third-order valence-corrected chi connectivity index (χ3v) is 5.22. The van der Waals surface area contributed by atoms with Gasteiger partial charge in [0, 0.05) is 22.4 Å². The first-order valence-electron chi connectivity index (χ1n) is 8.18. The summed E-state index contributed by atoms with van der Waals surface area (Å²) >= 11 is 5.87. The SMILES string of the molecule is CS(=O)(=O)c1cc(Cl)ccc1C=NNc1nc(-c2ccccc2)c(C#N)c(=O)[nH]1. The Balaban J connectivity index is 1.96. The van der Waals surface area contributed by atoms with E-state index in [1.165, 1.54) is 24.4 Å². The number of nitriles is 1. The number of rotatable bonds is 5. The molecular weight excluding hydrogens is 414 g/mol. The third kappa shape index (κ3) is 4.68. The normalized spacial score (nSPS) is 11.3. The Morgan fingerprint density at radius 1 is 1.24 bits per heavy atom. The fourth-order valence-corrected chi connectivity index (χ4v) is 3.66. The lowest BCUT2D eigenvalue weighted by Crippen LogP contribution is -2.16. The van der Waals surface area contributed by atoms with Gasteiger partial charge in [0.25, 0.3) is 5.56 Å². The molecule has 0 amide bonds. The number of hydrazone groups is 1. The lowest BCUT2D eigenvalue weighted by atomic mass is 10.1. The quantitative estimate of drug-likeness (QED) is 0.476. The number of hydrogen-bond donors (Lipinski definition) is 2. The smallest absolute Gasteiger partial charge is 0.270 e. The molecule has 29 heavy (non-hydrogen) atoms. The van der Waals surface area contributed by atoms with Gasteiger partial charge in [-0.15, -0.1) is 0 Å². The van der Waals surface area contributed by atoms with E-state index in [1.807, 2.05) is 6.07 Å². The van der Waals surface area contributed by atoms with Gasteiger partial charge in [0.1, 0.15) is 11.6 Å². The Kier molecular flexibility index (Phi) is 5.77. The molecule has 0 aliphatic heterocycles. The fraction of sp³-hybridized carbons (Fsp3) is 0.0526. The van der Waals surface area contributed by atoms with Crippen molar-refractivity contribution in [2.24, 2.45) is 5.10 Å². The molecule has 0 unspecified atom stereocenters. The van der Waals surface area contributed by atoms with Crippen molar-refractivity contribution in [2.45, 2.75) is 4.90 Å². The summed E-state index contributed by atoms with van der Waals surface area (Å²) in [5.41, 5.74) is 2.92. The topological polar surface area (TPSA) is 128 Å². The van der Waals surface area contributed by atoms with Gasteiger partial charge in [-0.2, -0.15) is 10.4 Å². The van der Waals surface area contributed by atoms with Crippen LogP contribution in [-0.2, 0) is 9.84 Å². The number of nitrogens with zero attached hydrogens (tertiary/aromatic N) is 3. The summed E-state index contributed by atoms with van der Waals surface area (Å²) in [7, 11) is -3.52. The molecule has 1 heterocycles. The molecule has 0 bridgehead atoms. The van der Waals surface area contributed by atoms with Gasteiger partial charge in [0.2, 0.25) is 5.95 Å². The van der Waals surface area contributed by atoms with Gasteiger partial charge in [0.05, 0.1) is 16.8 Å². The van der Waals surface area contributed by atoms with Gasteiger partial charge in [-0.05, 0) is 12.1 Å². The molecule has 1 aromatic heterocycles. The van der Waals surface area contributed by atoms with Crippen LogP contribution < -0.4 is 11.0 Å². The van der Waals surface area contributed by atoms with Crippen LogP contribution in [0.3, 0.4) is 0 Å². The highest BCUT2D eigenvalue weighted by Gasteiger charge is 2.14. The number of nitrogens with one attached hydrogen (secondary N) is 2. The minimum atomic E-state index is -3.52. The molecule has 3 aromatic rings. The van der Waals surface area contributed by atoms with Crippen molar-refractivity contribution in [1.82, 2.24) is 9.97 Å². The van der Waals surface area contributed by atoms with E-state index in [-0.39, 0.29) is 27.1 Å². The minimum Gasteiger partial charge on any atom is -0.290 e. The van der Waals surface area contributed by atoms with Crippen molar-refractivity contribution >= 4 is 33.6 Å². The first-order chi connectivity index (χ1) is 13.8. The molecule has 10 heteroatoms. The van der Waals surface area contributed by atoms with Crippen LogP contribution in [0, 0.1) is 11.3 Å². The molecule has 0 aliphatic carbocycles. The van der Waals surface area contributed by atoms with E-state index in [0.717, 1.165) is 6.26 Å². The second-order valence-corrected chi connectivity index (χ2v) is 8.36. The van der Waals surface area contributed by atoms with Crippen molar-refractivity contribution in [1.29, 1.82) is 5.26 Å². The Labute approximate surface area is 171 Å². The predicted octanol–water partition coefficient (Wildman–Crippen LogP) is 2.81. The highest BCUT2D eigenvalue weighted by atomic mass is 35.5. The maximum Gasteiger partial charge on any atom is 0.270 e. The molecule has 0 fully saturated rings. The molecule has 8 nitrogen and oxygen atoms in total. The number of hydrogen-bond acceptors (Lipinski definition) is 7. The first-order valence-corrected chi connectivity index (χ1v) is 10.4. The van der Waals surface area contributed by atoms with Crippen molar-refractivity contribution in [2.75, 3.05) is 11.7 Å². The van der Waals surface area contributed by atoms with Crippen molar-refractivity contribution in [3.05, 3.63) is 75.0 Å². The lowest BCUT2D eigenvalue weighted by molar-refractivity contribution is 0.602. The summed E-state index contributed by atoms with van der Waals surface area (Å²) in [5, 5.41) is 13.5. The maximum atomic E-state index is 12.2. The van der Waals surface area contributed by atoms with Crippen molar-refractivity contribution < 1.29 is 8.42 Å². The van der Waals surface area contributed by atoms with Crippen LogP contribution >= 0.6 is 11.6 Å². The number of sulfone groups is 1. The second-order valence-electron chi connectivity index (χ2n) is 5.94. The van der Waals surface area contributed by atoms with Crippen LogP contribution in [0.4, 0.5) is 5.95 Å². The number of anilines is 1. The van der Waals surface area contributed by atoms with Crippen LogP contribution in [0.5, 0.6) is 0 Å². The summed E-state index contributed by atoms with van der Waals surface area (Å²) < 4.78 is 23.8. The number of aromatic amines is 1. The van der Waals surface area contributed by atoms with E-state index in [2.05, 4.69) is 20.5 Å². The van der Waals surface area contributed by atoms with E-state index < -0.39 is 15.4 Å². The summed E-state index contributed by atoms with van der Waals surface area (Å²) in [6.07, 6.45) is 2.34. The summed E-state index contributed by atoms with van der Waals surface area (Å²) in [4.78, 5) is 18.9. The zero-order valence-electron chi connectivity index (χ0n) is 15.0. The van der Waals surface area contributed by atoms with Crippen LogP contribution in [0.1, 0.15) is 11.1 Å². The number of H-pyrrole nitrogens is 1. The van der Waals surface area contributed by atoms with E-state index in [9.17, 15) is 18.5 Å². The molecule has 3 rings (SSSR count). The predicted molar refractivity (Wildman–Crippen MR) is 111 cm³/mol. The Hall–Kier alpha value is -3.48. The molecule has 0 spiro atoms. The van der Waals surface area contributed by atoms with Crippen molar-refractivity contribution in [3.8, 4) is 17.3 Å². The zero-order valence-corrected chi connectivity index (χ0v) is 16.6. The summed E-state index contributed by atoms with van der Waals surface area (Å²) in [5.74, 6) is -0.000952. The number of benzene rings is 2. The highest BCUT2D eigenvalue weighted by Crippen LogP contribution is 2.21.